The van der Waals surface area contributed by atoms with Crippen LogP contribution in [0.25, 0.3) is 0 Å². The molecule has 4 unspecified atom stereocenters. The van der Waals surface area contributed by atoms with Crippen molar-refractivity contribution in [2.45, 2.75) is 38.6 Å². The number of carbonyl (C=O) groups is 2. The standard InChI is InChI=1S/C17H21ClN2O3/c1-9(13-7-10-2-3-11(13)6-10)19-16(22)17(23)20-14-8-12(18)4-5-15(14)21/h4-5,8-11,13,21H,2-3,6-7H2,1H3,(H,19,22)(H,20,23). The van der Waals surface area contributed by atoms with Gasteiger partial charge in [0, 0.05) is 11.1 Å². The van der Waals surface area contributed by atoms with Crippen LogP contribution >= 0.6 is 11.6 Å². The lowest BCUT2D eigenvalue weighted by molar-refractivity contribution is -0.136. The van der Waals surface area contributed by atoms with Gasteiger partial charge in [0.1, 0.15) is 5.75 Å². The Morgan fingerprint density at radius 3 is 2.70 bits per heavy atom. The van der Waals surface area contributed by atoms with Gasteiger partial charge in [0.15, 0.2) is 0 Å². The van der Waals surface area contributed by atoms with Gasteiger partial charge in [-0.3, -0.25) is 9.59 Å². The Balaban J connectivity index is 1.57. The normalized spacial score (nSPS) is 26.8. The number of phenolic OH excluding ortho intramolecular Hbond substituents is 1. The first kappa shape index (κ1) is 16.1. The van der Waals surface area contributed by atoms with Gasteiger partial charge in [-0.05, 0) is 62.1 Å². The number of fused-ring (bicyclic) bond motifs is 2. The number of halogens is 1. The number of phenols is 1. The molecule has 2 aliphatic carbocycles. The minimum absolute atomic E-state index is 0.0171. The van der Waals surface area contributed by atoms with Crippen LogP contribution in [0.4, 0.5) is 5.69 Å². The summed E-state index contributed by atoms with van der Waals surface area (Å²) in [6.07, 6.45) is 4.94. The molecule has 3 N–H and O–H groups in total. The number of nitrogens with one attached hydrogen (secondary N) is 2. The van der Waals surface area contributed by atoms with Crippen LogP contribution in [0.2, 0.25) is 5.02 Å². The Morgan fingerprint density at radius 1 is 1.26 bits per heavy atom. The third kappa shape index (κ3) is 3.44. The summed E-state index contributed by atoms with van der Waals surface area (Å²) in [7, 11) is 0. The van der Waals surface area contributed by atoms with Crippen molar-refractivity contribution in [3.05, 3.63) is 23.2 Å². The van der Waals surface area contributed by atoms with E-state index in [-0.39, 0.29) is 17.5 Å². The van der Waals surface area contributed by atoms with Crippen molar-refractivity contribution in [2.24, 2.45) is 17.8 Å². The van der Waals surface area contributed by atoms with E-state index in [1.54, 1.807) is 0 Å². The van der Waals surface area contributed by atoms with Crippen LogP contribution in [0.5, 0.6) is 5.75 Å². The van der Waals surface area contributed by atoms with Gasteiger partial charge in [0.25, 0.3) is 0 Å². The highest BCUT2D eigenvalue weighted by Crippen LogP contribution is 2.49. The molecule has 0 spiro atoms. The van der Waals surface area contributed by atoms with E-state index in [4.69, 9.17) is 11.6 Å². The molecule has 0 heterocycles. The number of benzene rings is 1. The monoisotopic (exact) mass is 336 g/mol. The molecule has 6 heteroatoms. The molecule has 1 aromatic carbocycles. The Morgan fingerprint density at radius 2 is 2.04 bits per heavy atom. The number of hydrogen-bond donors (Lipinski definition) is 3. The molecule has 2 amide bonds. The molecule has 2 fully saturated rings. The zero-order chi connectivity index (χ0) is 16.6. The van der Waals surface area contributed by atoms with Crippen LogP contribution in [0, 0.1) is 17.8 Å². The minimum Gasteiger partial charge on any atom is -0.506 e. The fourth-order valence-electron chi connectivity index (χ4n) is 4.07. The van der Waals surface area contributed by atoms with E-state index in [1.165, 1.54) is 37.5 Å². The minimum atomic E-state index is -0.794. The summed E-state index contributed by atoms with van der Waals surface area (Å²) in [6.45, 7) is 1.97. The third-order valence-corrected chi connectivity index (χ3v) is 5.44. The van der Waals surface area contributed by atoms with Crippen molar-refractivity contribution in [3.8, 4) is 5.75 Å². The summed E-state index contributed by atoms with van der Waals surface area (Å²) in [5.41, 5.74) is 0.130. The van der Waals surface area contributed by atoms with Gasteiger partial charge in [0.05, 0.1) is 5.69 Å². The highest BCUT2D eigenvalue weighted by atomic mass is 35.5. The third-order valence-electron chi connectivity index (χ3n) is 5.21. The molecule has 2 aliphatic rings. The van der Waals surface area contributed by atoms with Crippen LogP contribution in [-0.2, 0) is 9.59 Å². The molecular formula is C17H21ClN2O3. The SMILES string of the molecule is CC(NC(=O)C(=O)Nc1cc(Cl)ccc1O)C1CC2CCC1C2. The number of carbonyl (C=O) groups excluding carboxylic acids is 2. The van der Waals surface area contributed by atoms with Crippen molar-refractivity contribution >= 4 is 29.1 Å². The van der Waals surface area contributed by atoms with Gasteiger partial charge < -0.3 is 15.7 Å². The molecule has 3 rings (SSSR count). The number of hydrogen-bond acceptors (Lipinski definition) is 3. The van der Waals surface area contributed by atoms with E-state index in [1.807, 2.05) is 6.92 Å². The molecule has 2 saturated carbocycles. The first-order valence-electron chi connectivity index (χ1n) is 8.04. The number of aromatic hydroxyl groups is 1. The van der Waals surface area contributed by atoms with E-state index in [0.29, 0.717) is 16.9 Å². The molecule has 1 aromatic rings. The predicted octanol–water partition coefficient (Wildman–Crippen LogP) is 2.93. The maximum absolute atomic E-state index is 12.1. The molecule has 0 aromatic heterocycles. The number of amides is 2. The molecule has 23 heavy (non-hydrogen) atoms. The largest absolute Gasteiger partial charge is 0.506 e. The van der Waals surface area contributed by atoms with Crippen molar-refractivity contribution < 1.29 is 14.7 Å². The summed E-state index contributed by atoms with van der Waals surface area (Å²) in [5, 5.41) is 15.2. The maximum Gasteiger partial charge on any atom is 0.313 e. The Hall–Kier alpha value is -1.75. The second kappa shape index (κ2) is 6.40. The van der Waals surface area contributed by atoms with E-state index in [9.17, 15) is 14.7 Å². The van der Waals surface area contributed by atoms with Gasteiger partial charge in [-0.25, -0.2) is 0 Å². The lowest BCUT2D eigenvalue weighted by Crippen LogP contribution is -2.45. The summed E-state index contributed by atoms with van der Waals surface area (Å²) in [5.74, 6) is 0.330. The Bertz CT molecular complexity index is 634. The van der Waals surface area contributed by atoms with Crippen molar-refractivity contribution in [1.82, 2.24) is 5.32 Å². The lowest BCUT2D eigenvalue weighted by Gasteiger charge is -2.28. The molecular weight excluding hydrogens is 316 g/mol. The van der Waals surface area contributed by atoms with Crippen molar-refractivity contribution in [2.75, 3.05) is 5.32 Å². The topological polar surface area (TPSA) is 78.4 Å². The fraction of sp³-hybridized carbons (Fsp3) is 0.529. The van der Waals surface area contributed by atoms with E-state index >= 15 is 0 Å². The zero-order valence-corrected chi connectivity index (χ0v) is 13.8. The highest BCUT2D eigenvalue weighted by molar-refractivity contribution is 6.40. The van der Waals surface area contributed by atoms with Crippen LogP contribution in [0.1, 0.15) is 32.6 Å². The highest BCUT2D eigenvalue weighted by Gasteiger charge is 2.42. The van der Waals surface area contributed by atoms with Gasteiger partial charge in [0.2, 0.25) is 0 Å². The summed E-state index contributed by atoms with van der Waals surface area (Å²) < 4.78 is 0. The van der Waals surface area contributed by atoms with Crippen molar-refractivity contribution in [1.29, 1.82) is 0 Å². The second-order valence-electron chi connectivity index (χ2n) is 6.72. The molecule has 0 radical (unpaired) electrons. The van der Waals surface area contributed by atoms with E-state index < -0.39 is 11.8 Å². The average molecular weight is 337 g/mol. The zero-order valence-electron chi connectivity index (χ0n) is 13.0. The summed E-state index contributed by atoms with van der Waals surface area (Å²) in [4.78, 5) is 24.1. The van der Waals surface area contributed by atoms with Gasteiger partial charge in [-0.15, -0.1) is 0 Å². The first-order valence-corrected chi connectivity index (χ1v) is 8.42. The molecule has 0 saturated heterocycles. The quantitative estimate of drug-likeness (QED) is 0.586. The number of anilines is 1. The van der Waals surface area contributed by atoms with Crippen molar-refractivity contribution in [3.63, 3.8) is 0 Å². The number of rotatable bonds is 3. The molecule has 2 bridgehead atoms. The Kier molecular flexibility index (Phi) is 4.48. The van der Waals surface area contributed by atoms with Crippen LogP contribution < -0.4 is 10.6 Å². The van der Waals surface area contributed by atoms with Crippen LogP contribution in [0.15, 0.2) is 18.2 Å². The van der Waals surface area contributed by atoms with E-state index in [0.717, 1.165) is 12.3 Å². The average Bonchev–Trinajstić information content (AvgIpc) is 3.13. The van der Waals surface area contributed by atoms with Crippen LogP contribution in [-0.4, -0.2) is 23.0 Å². The smallest absolute Gasteiger partial charge is 0.313 e. The first-order chi connectivity index (χ1) is 10.9. The van der Waals surface area contributed by atoms with E-state index in [2.05, 4.69) is 10.6 Å². The van der Waals surface area contributed by atoms with Crippen LogP contribution in [0.3, 0.4) is 0 Å². The molecule has 0 aliphatic heterocycles. The predicted molar refractivity (Wildman–Crippen MR) is 88.3 cm³/mol. The summed E-state index contributed by atoms with van der Waals surface area (Å²) >= 11 is 5.82. The lowest BCUT2D eigenvalue weighted by atomic mass is 9.84. The fourth-order valence-corrected chi connectivity index (χ4v) is 4.25. The van der Waals surface area contributed by atoms with Gasteiger partial charge in [-0.1, -0.05) is 18.0 Å². The second-order valence-corrected chi connectivity index (χ2v) is 7.15. The Labute approximate surface area is 140 Å². The maximum atomic E-state index is 12.1. The molecule has 124 valence electrons. The molecule has 5 nitrogen and oxygen atoms in total. The summed E-state index contributed by atoms with van der Waals surface area (Å²) in [6, 6.07) is 4.26. The van der Waals surface area contributed by atoms with Gasteiger partial charge in [-0.2, -0.15) is 0 Å². The van der Waals surface area contributed by atoms with Gasteiger partial charge >= 0.3 is 11.8 Å². The molecule has 4 atom stereocenters.